The van der Waals surface area contributed by atoms with Crippen molar-refractivity contribution in [2.75, 3.05) is 5.73 Å². The number of nitrogens with zero attached hydrogens (tertiary/aromatic N) is 2. The highest BCUT2D eigenvalue weighted by Crippen LogP contribution is 2.36. The second-order valence-corrected chi connectivity index (χ2v) is 6.09. The normalized spacial score (nSPS) is 11.1. The smallest absolute Gasteiger partial charge is 0.163 e. The van der Waals surface area contributed by atoms with Gasteiger partial charge in [-0.1, -0.05) is 54.1 Å². The number of nitrogens with two attached hydrogens (primary N) is 1. The Balaban J connectivity index is 1.97. The van der Waals surface area contributed by atoms with E-state index in [2.05, 4.69) is 15.0 Å². The summed E-state index contributed by atoms with van der Waals surface area (Å²) in [6.45, 7) is 2.00. The molecule has 4 nitrogen and oxygen atoms in total. The molecule has 3 N–H and O–H groups in total. The standard InChI is InChI=1S/C19H15ClN4/c1-11-15(13-8-5-9-14(20)10-13)16-17(21)23-18(24-19(16)22-11)12-6-3-2-4-7-12/h2-10H,1H3,(H3,21,22,23,24). The summed E-state index contributed by atoms with van der Waals surface area (Å²) in [5.74, 6) is 1.07. The van der Waals surface area contributed by atoms with Gasteiger partial charge in [0.15, 0.2) is 5.82 Å². The van der Waals surface area contributed by atoms with E-state index in [1.54, 1.807) is 0 Å². The molecule has 0 saturated carbocycles. The lowest BCUT2D eigenvalue weighted by Gasteiger charge is -2.06. The summed E-state index contributed by atoms with van der Waals surface area (Å²) >= 11 is 6.14. The van der Waals surface area contributed by atoms with Gasteiger partial charge in [0.1, 0.15) is 11.5 Å². The number of hydrogen-bond acceptors (Lipinski definition) is 3. The number of H-pyrrole nitrogens is 1. The summed E-state index contributed by atoms with van der Waals surface area (Å²) in [7, 11) is 0. The Morgan fingerprint density at radius 2 is 1.71 bits per heavy atom. The molecular weight excluding hydrogens is 320 g/mol. The van der Waals surface area contributed by atoms with Crippen molar-refractivity contribution in [3.8, 4) is 22.5 Å². The fraction of sp³-hybridized carbons (Fsp3) is 0.0526. The maximum atomic E-state index is 6.28. The van der Waals surface area contributed by atoms with Crippen LogP contribution < -0.4 is 5.73 Å². The molecule has 0 aliphatic rings. The molecule has 4 aromatic rings. The molecular formula is C19H15ClN4. The zero-order valence-corrected chi connectivity index (χ0v) is 13.8. The number of aromatic nitrogens is 3. The predicted molar refractivity (Wildman–Crippen MR) is 98.9 cm³/mol. The van der Waals surface area contributed by atoms with Gasteiger partial charge in [-0.15, -0.1) is 0 Å². The molecule has 0 fully saturated rings. The quantitative estimate of drug-likeness (QED) is 0.551. The Hall–Kier alpha value is -2.85. The molecule has 0 unspecified atom stereocenters. The van der Waals surface area contributed by atoms with Gasteiger partial charge in [-0.25, -0.2) is 9.97 Å². The first-order chi connectivity index (χ1) is 11.6. The van der Waals surface area contributed by atoms with Crippen LogP contribution in [0, 0.1) is 6.92 Å². The van der Waals surface area contributed by atoms with Crippen molar-refractivity contribution in [2.45, 2.75) is 6.92 Å². The van der Waals surface area contributed by atoms with Gasteiger partial charge in [-0.05, 0) is 24.6 Å². The van der Waals surface area contributed by atoms with Crippen molar-refractivity contribution in [2.24, 2.45) is 0 Å². The maximum Gasteiger partial charge on any atom is 0.163 e. The van der Waals surface area contributed by atoms with Crippen molar-refractivity contribution in [1.82, 2.24) is 15.0 Å². The molecule has 0 aliphatic heterocycles. The van der Waals surface area contributed by atoms with E-state index in [9.17, 15) is 0 Å². The van der Waals surface area contributed by atoms with E-state index in [0.717, 1.165) is 33.4 Å². The van der Waals surface area contributed by atoms with E-state index in [-0.39, 0.29) is 0 Å². The van der Waals surface area contributed by atoms with Crippen LogP contribution in [0.4, 0.5) is 5.82 Å². The Morgan fingerprint density at radius 3 is 2.46 bits per heavy atom. The molecule has 4 rings (SSSR count). The molecule has 0 radical (unpaired) electrons. The Kier molecular flexibility index (Phi) is 3.47. The second kappa shape index (κ2) is 5.65. The van der Waals surface area contributed by atoms with Gasteiger partial charge >= 0.3 is 0 Å². The number of fused-ring (bicyclic) bond motifs is 1. The molecule has 2 heterocycles. The largest absolute Gasteiger partial charge is 0.383 e. The first-order valence-corrected chi connectivity index (χ1v) is 7.98. The van der Waals surface area contributed by atoms with E-state index in [0.29, 0.717) is 16.7 Å². The third-order valence-corrected chi connectivity index (χ3v) is 4.25. The summed E-state index contributed by atoms with van der Waals surface area (Å²) in [6, 6.07) is 17.5. The number of aryl methyl sites for hydroxylation is 1. The molecule has 0 saturated heterocycles. The summed E-state index contributed by atoms with van der Waals surface area (Å²) in [6.07, 6.45) is 0. The number of benzene rings is 2. The molecule has 0 atom stereocenters. The average molecular weight is 335 g/mol. The molecule has 2 aromatic heterocycles. The van der Waals surface area contributed by atoms with E-state index in [1.807, 2.05) is 61.5 Å². The van der Waals surface area contributed by atoms with Gasteiger partial charge in [-0.2, -0.15) is 0 Å². The fourth-order valence-corrected chi connectivity index (χ4v) is 3.15. The third-order valence-electron chi connectivity index (χ3n) is 4.01. The topological polar surface area (TPSA) is 67.6 Å². The van der Waals surface area contributed by atoms with Crippen LogP contribution in [0.2, 0.25) is 5.02 Å². The van der Waals surface area contributed by atoms with Crippen LogP contribution in [0.5, 0.6) is 0 Å². The van der Waals surface area contributed by atoms with E-state index < -0.39 is 0 Å². The number of nitrogens with one attached hydrogen (secondary N) is 1. The number of anilines is 1. The van der Waals surface area contributed by atoms with Gasteiger partial charge in [0.05, 0.1) is 5.39 Å². The van der Waals surface area contributed by atoms with E-state index in [4.69, 9.17) is 17.3 Å². The minimum atomic E-state index is 0.457. The molecule has 0 amide bonds. The van der Waals surface area contributed by atoms with Gasteiger partial charge in [0.25, 0.3) is 0 Å². The first kappa shape index (κ1) is 14.7. The van der Waals surface area contributed by atoms with Crippen LogP contribution in [0.15, 0.2) is 54.6 Å². The zero-order chi connectivity index (χ0) is 16.7. The molecule has 0 bridgehead atoms. The lowest BCUT2D eigenvalue weighted by atomic mass is 10.0. The lowest BCUT2D eigenvalue weighted by Crippen LogP contribution is -1.97. The summed E-state index contributed by atoms with van der Waals surface area (Å²) < 4.78 is 0. The molecule has 5 heteroatoms. The highest BCUT2D eigenvalue weighted by Gasteiger charge is 2.17. The lowest BCUT2D eigenvalue weighted by molar-refractivity contribution is 1.19. The minimum absolute atomic E-state index is 0.457. The van der Waals surface area contributed by atoms with Crippen LogP contribution in [0.25, 0.3) is 33.5 Å². The third kappa shape index (κ3) is 2.41. The van der Waals surface area contributed by atoms with Crippen LogP contribution >= 0.6 is 11.6 Å². The second-order valence-electron chi connectivity index (χ2n) is 5.66. The van der Waals surface area contributed by atoms with Crippen LogP contribution in [-0.2, 0) is 0 Å². The fourth-order valence-electron chi connectivity index (χ4n) is 2.96. The van der Waals surface area contributed by atoms with E-state index >= 15 is 0 Å². The summed E-state index contributed by atoms with van der Waals surface area (Å²) in [4.78, 5) is 12.5. The average Bonchev–Trinajstić information content (AvgIpc) is 2.92. The first-order valence-electron chi connectivity index (χ1n) is 7.60. The van der Waals surface area contributed by atoms with Crippen LogP contribution in [-0.4, -0.2) is 15.0 Å². The molecule has 0 aliphatic carbocycles. The number of rotatable bonds is 2. The molecule has 0 spiro atoms. The Labute approximate surface area is 144 Å². The predicted octanol–water partition coefficient (Wildman–Crippen LogP) is 4.84. The highest BCUT2D eigenvalue weighted by atomic mass is 35.5. The number of aromatic amines is 1. The Bertz CT molecular complexity index is 1040. The molecule has 118 valence electrons. The number of halogens is 1. The minimum Gasteiger partial charge on any atom is -0.383 e. The van der Waals surface area contributed by atoms with Gasteiger partial charge < -0.3 is 10.7 Å². The van der Waals surface area contributed by atoms with Crippen molar-refractivity contribution in [1.29, 1.82) is 0 Å². The summed E-state index contributed by atoms with van der Waals surface area (Å²) in [5.41, 5.74) is 10.9. The highest BCUT2D eigenvalue weighted by molar-refractivity contribution is 6.31. The van der Waals surface area contributed by atoms with Crippen molar-refractivity contribution in [3.63, 3.8) is 0 Å². The van der Waals surface area contributed by atoms with Gasteiger partial charge in [0.2, 0.25) is 0 Å². The molecule has 24 heavy (non-hydrogen) atoms. The monoisotopic (exact) mass is 334 g/mol. The van der Waals surface area contributed by atoms with Crippen LogP contribution in [0.1, 0.15) is 5.69 Å². The zero-order valence-electron chi connectivity index (χ0n) is 13.0. The molecule has 2 aromatic carbocycles. The van der Waals surface area contributed by atoms with Gasteiger partial charge in [-0.3, -0.25) is 0 Å². The van der Waals surface area contributed by atoms with Crippen LogP contribution in [0.3, 0.4) is 0 Å². The maximum absolute atomic E-state index is 6.28. The SMILES string of the molecule is Cc1[nH]c2nc(-c3ccccc3)nc(N)c2c1-c1cccc(Cl)c1. The van der Waals surface area contributed by atoms with Crippen molar-refractivity contribution in [3.05, 3.63) is 65.3 Å². The van der Waals surface area contributed by atoms with Crippen molar-refractivity contribution >= 4 is 28.5 Å². The number of hydrogen-bond donors (Lipinski definition) is 2. The Morgan fingerprint density at radius 1 is 0.958 bits per heavy atom. The van der Waals surface area contributed by atoms with E-state index in [1.165, 1.54) is 0 Å². The number of nitrogen functional groups attached to an aromatic ring is 1. The summed E-state index contributed by atoms with van der Waals surface area (Å²) in [5, 5.41) is 1.51. The van der Waals surface area contributed by atoms with Crippen molar-refractivity contribution < 1.29 is 0 Å². The van der Waals surface area contributed by atoms with Gasteiger partial charge in [0, 0.05) is 21.8 Å².